The van der Waals surface area contributed by atoms with Crippen LogP contribution in [0.2, 0.25) is 0 Å². The fraction of sp³-hybridized carbons (Fsp3) is 0.438. The first-order valence-electron chi connectivity index (χ1n) is 7.82. The molecule has 7 nitrogen and oxygen atoms in total. The van der Waals surface area contributed by atoms with E-state index in [9.17, 15) is 9.18 Å². The number of aromatic nitrogens is 2. The number of aliphatic hydroxyl groups excluding tert-OH is 1. The van der Waals surface area contributed by atoms with Gasteiger partial charge in [-0.05, 0) is 25.5 Å². The van der Waals surface area contributed by atoms with Crippen LogP contribution in [0.4, 0.5) is 9.18 Å². The summed E-state index contributed by atoms with van der Waals surface area (Å²) in [5.41, 5.74) is 0.508. The van der Waals surface area contributed by atoms with Gasteiger partial charge in [-0.2, -0.15) is 4.98 Å². The van der Waals surface area contributed by atoms with Gasteiger partial charge >= 0.3 is 6.03 Å². The first-order valence-corrected chi connectivity index (χ1v) is 7.82. The van der Waals surface area contributed by atoms with E-state index in [1.54, 1.807) is 24.0 Å². The molecule has 8 heteroatoms. The van der Waals surface area contributed by atoms with E-state index in [1.165, 1.54) is 12.1 Å². The number of amides is 2. The summed E-state index contributed by atoms with van der Waals surface area (Å²) in [6.07, 6.45) is 0.794. The number of benzene rings is 1. The molecule has 2 amide bonds. The Labute approximate surface area is 138 Å². The Morgan fingerprint density at radius 1 is 1.58 bits per heavy atom. The average molecular weight is 334 g/mol. The van der Waals surface area contributed by atoms with Crippen molar-refractivity contribution in [3.05, 3.63) is 36.0 Å². The Kier molecular flexibility index (Phi) is 4.75. The Morgan fingerprint density at radius 3 is 3.12 bits per heavy atom. The molecule has 1 fully saturated rings. The lowest BCUT2D eigenvalue weighted by molar-refractivity contribution is 0.193. The SMILES string of the molecule is CC(NC(=O)N1CCC(CO)C1)c1nc(-c2cccc(F)c2)no1. The Hall–Kier alpha value is -2.48. The molecule has 2 aromatic rings. The third-order valence-electron chi connectivity index (χ3n) is 4.07. The van der Waals surface area contributed by atoms with E-state index in [4.69, 9.17) is 9.63 Å². The van der Waals surface area contributed by atoms with E-state index in [1.807, 2.05) is 0 Å². The van der Waals surface area contributed by atoms with Gasteiger partial charge in [0.15, 0.2) is 0 Å². The molecule has 24 heavy (non-hydrogen) atoms. The normalized spacial score (nSPS) is 18.6. The highest BCUT2D eigenvalue weighted by Crippen LogP contribution is 2.20. The van der Waals surface area contributed by atoms with E-state index in [0.29, 0.717) is 18.7 Å². The second kappa shape index (κ2) is 6.96. The van der Waals surface area contributed by atoms with Crippen molar-refractivity contribution in [2.45, 2.75) is 19.4 Å². The van der Waals surface area contributed by atoms with Crippen LogP contribution in [0.3, 0.4) is 0 Å². The number of urea groups is 1. The van der Waals surface area contributed by atoms with Crippen LogP contribution in [-0.4, -0.2) is 45.9 Å². The smallest absolute Gasteiger partial charge is 0.318 e. The van der Waals surface area contributed by atoms with Crippen LogP contribution < -0.4 is 5.32 Å². The topological polar surface area (TPSA) is 91.5 Å². The molecule has 1 aliphatic heterocycles. The summed E-state index contributed by atoms with van der Waals surface area (Å²) >= 11 is 0. The zero-order valence-electron chi connectivity index (χ0n) is 13.3. The number of nitrogens with zero attached hydrogens (tertiary/aromatic N) is 3. The number of aliphatic hydroxyl groups is 1. The van der Waals surface area contributed by atoms with Crippen molar-refractivity contribution < 1.29 is 18.8 Å². The molecule has 2 unspecified atom stereocenters. The van der Waals surface area contributed by atoms with Crippen molar-refractivity contribution in [3.8, 4) is 11.4 Å². The van der Waals surface area contributed by atoms with Crippen molar-refractivity contribution in [1.29, 1.82) is 0 Å². The van der Waals surface area contributed by atoms with E-state index >= 15 is 0 Å². The van der Waals surface area contributed by atoms with Crippen LogP contribution in [0.1, 0.15) is 25.3 Å². The van der Waals surface area contributed by atoms with Crippen molar-refractivity contribution in [2.24, 2.45) is 5.92 Å². The van der Waals surface area contributed by atoms with Crippen LogP contribution in [-0.2, 0) is 0 Å². The van der Waals surface area contributed by atoms with Crippen molar-refractivity contribution >= 4 is 6.03 Å². The monoisotopic (exact) mass is 334 g/mol. The van der Waals surface area contributed by atoms with E-state index < -0.39 is 6.04 Å². The molecule has 0 aliphatic carbocycles. The van der Waals surface area contributed by atoms with Crippen LogP contribution in [0.5, 0.6) is 0 Å². The summed E-state index contributed by atoms with van der Waals surface area (Å²) in [6.45, 7) is 2.97. The van der Waals surface area contributed by atoms with E-state index in [0.717, 1.165) is 6.42 Å². The van der Waals surface area contributed by atoms with Gasteiger partial charge in [-0.1, -0.05) is 17.3 Å². The highest BCUT2D eigenvalue weighted by Gasteiger charge is 2.27. The molecular formula is C16H19FN4O3. The minimum atomic E-state index is -0.472. The summed E-state index contributed by atoms with van der Waals surface area (Å²) in [5.74, 6) is 0.273. The molecule has 2 heterocycles. The number of hydrogen-bond acceptors (Lipinski definition) is 5. The zero-order valence-corrected chi connectivity index (χ0v) is 13.3. The number of likely N-dealkylation sites (tertiary alicyclic amines) is 1. The van der Waals surface area contributed by atoms with Gasteiger partial charge in [-0.3, -0.25) is 0 Å². The number of rotatable bonds is 4. The third kappa shape index (κ3) is 3.53. The van der Waals surface area contributed by atoms with Crippen molar-refractivity contribution in [3.63, 3.8) is 0 Å². The molecule has 0 bridgehead atoms. The molecule has 0 radical (unpaired) electrons. The highest BCUT2D eigenvalue weighted by molar-refractivity contribution is 5.74. The molecule has 1 aromatic heterocycles. The minimum absolute atomic E-state index is 0.0833. The zero-order chi connectivity index (χ0) is 17.1. The van der Waals surface area contributed by atoms with Gasteiger partial charge in [-0.15, -0.1) is 0 Å². The van der Waals surface area contributed by atoms with Gasteiger partial charge in [0.25, 0.3) is 0 Å². The molecule has 1 aliphatic rings. The predicted molar refractivity (Wildman–Crippen MR) is 83.4 cm³/mol. The molecule has 1 aromatic carbocycles. The quantitative estimate of drug-likeness (QED) is 0.892. The van der Waals surface area contributed by atoms with Gasteiger partial charge < -0.3 is 19.8 Å². The maximum atomic E-state index is 13.3. The lowest BCUT2D eigenvalue weighted by atomic mass is 10.1. The second-order valence-corrected chi connectivity index (χ2v) is 5.92. The molecule has 0 saturated carbocycles. The molecular weight excluding hydrogens is 315 g/mol. The summed E-state index contributed by atoms with van der Waals surface area (Å²) in [5, 5.41) is 15.8. The van der Waals surface area contributed by atoms with Crippen LogP contribution in [0.15, 0.2) is 28.8 Å². The van der Waals surface area contributed by atoms with Crippen molar-refractivity contribution in [1.82, 2.24) is 20.4 Å². The van der Waals surface area contributed by atoms with Gasteiger partial charge in [0.1, 0.15) is 11.9 Å². The largest absolute Gasteiger partial charge is 0.396 e. The lowest BCUT2D eigenvalue weighted by Gasteiger charge is -2.19. The van der Waals surface area contributed by atoms with E-state index in [-0.39, 0.29) is 36.1 Å². The molecule has 2 N–H and O–H groups in total. The number of nitrogens with one attached hydrogen (secondary N) is 1. The number of carbonyl (C=O) groups excluding carboxylic acids is 1. The number of halogens is 1. The second-order valence-electron chi connectivity index (χ2n) is 5.92. The maximum absolute atomic E-state index is 13.3. The first-order chi connectivity index (χ1) is 11.6. The van der Waals surface area contributed by atoms with Gasteiger partial charge in [-0.25, -0.2) is 9.18 Å². The summed E-state index contributed by atoms with van der Waals surface area (Å²) in [7, 11) is 0. The molecule has 1 saturated heterocycles. The molecule has 128 valence electrons. The van der Waals surface area contributed by atoms with Crippen LogP contribution >= 0.6 is 0 Å². The number of hydrogen-bond donors (Lipinski definition) is 2. The molecule has 0 spiro atoms. The number of carbonyl (C=O) groups is 1. The Balaban J connectivity index is 1.63. The van der Waals surface area contributed by atoms with Gasteiger partial charge in [0.05, 0.1) is 0 Å². The lowest BCUT2D eigenvalue weighted by Crippen LogP contribution is -2.39. The fourth-order valence-corrected chi connectivity index (χ4v) is 2.66. The predicted octanol–water partition coefficient (Wildman–Crippen LogP) is 1.96. The minimum Gasteiger partial charge on any atom is -0.396 e. The standard InChI is InChI=1S/C16H19FN4O3/c1-10(18-16(23)21-6-5-11(8-21)9-22)15-19-14(20-24-15)12-3-2-4-13(17)7-12/h2-4,7,10-11,22H,5-6,8-9H2,1H3,(H,18,23). The summed E-state index contributed by atoms with van der Waals surface area (Å²) < 4.78 is 18.4. The Bertz CT molecular complexity index is 721. The van der Waals surface area contributed by atoms with Gasteiger partial charge in [0.2, 0.25) is 11.7 Å². The van der Waals surface area contributed by atoms with E-state index in [2.05, 4.69) is 15.5 Å². The summed E-state index contributed by atoms with van der Waals surface area (Å²) in [6, 6.07) is 5.20. The molecule has 2 atom stereocenters. The maximum Gasteiger partial charge on any atom is 0.318 e. The Morgan fingerprint density at radius 2 is 2.42 bits per heavy atom. The average Bonchev–Trinajstić information content (AvgIpc) is 3.24. The summed E-state index contributed by atoms with van der Waals surface area (Å²) in [4.78, 5) is 18.1. The van der Waals surface area contributed by atoms with Crippen molar-refractivity contribution in [2.75, 3.05) is 19.7 Å². The highest BCUT2D eigenvalue weighted by atomic mass is 19.1. The first kappa shape index (κ1) is 16.4. The third-order valence-corrected chi connectivity index (χ3v) is 4.07. The fourth-order valence-electron chi connectivity index (χ4n) is 2.66. The van der Waals surface area contributed by atoms with Crippen LogP contribution in [0.25, 0.3) is 11.4 Å². The van der Waals surface area contributed by atoms with Gasteiger partial charge in [0, 0.05) is 31.2 Å². The molecule has 3 rings (SSSR count). The van der Waals surface area contributed by atoms with Crippen LogP contribution in [0, 0.1) is 11.7 Å².